The summed E-state index contributed by atoms with van der Waals surface area (Å²) in [5, 5.41) is 13.9. The standard InChI is InChI=1S/C24H29F2N5O2/c1-29-20(16-28)15-24(25,26)10-13-31-23(32)22-9-12-30-17-19(22)6-3-18-4-7-21(8-5-18)33-14-2-11-27/h3-9,12,17,20,29H,2,10-11,13-15,27H2,1H3,(H,31,32)/b6-3+. The predicted octanol–water partition coefficient (Wildman–Crippen LogP) is 3.24. The summed E-state index contributed by atoms with van der Waals surface area (Å²) in [6, 6.07) is 9.82. The van der Waals surface area contributed by atoms with Crippen molar-refractivity contribution in [1.82, 2.24) is 15.6 Å². The van der Waals surface area contributed by atoms with Crippen molar-refractivity contribution in [3.8, 4) is 11.8 Å². The van der Waals surface area contributed by atoms with Crippen LogP contribution in [0.1, 0.15) is 40.7 Å². The zero-order chi connectivity index (χ0) is 24.1. The third-order valence-electron chi connectivity index (χ3n) is 4.83. The lowest BCUT2D eigenvalue weighted by molar-refractivity contribution is -0.0192. The number of hydrogen-bond acceptors (Lipinski definition) is 6. The molecule has 4 N–H and O–H groups in total. The minimum atomic E-state index is -3.07. The first-order valence-electron chi connectivity index (χ1n) is 10.7. The Morgan fingerprint density at radius 1 is 1.30 bits per heavy atom. The number of nitriles is 1. The summed E-state index contributed by atoms with van der Waals surface area (Å²) >= 11 is 0. The van der Waals surface area contributed by atoms with Crippen molar-refractivity contribution in [2.75, 3.05) is 26.7 Å². The highest BCUT2D eigenvalue weighted by molar-refractivity contribution is 5.98. The molecule has 1 amide bonds. The van der Waals surface area contributed by atoms with Gasteiger partial charge in [0, 0.05) is 42.9 Å². The van der Waals surface area contributed by atoms with E-state index in [9.17, 15) is 13.6 Å². The van der Waals surface area contributed by atoms with Gasteiger partial charge in [0.2, 0.25) is 0 Å². The van der Waals surface area contributed by atoms with E-state index in [4.69, 9.17) is 15.7 Å². The number of halogens is 2. The molecule has 0 aliphatic rings. The summed E-state index contributed by atoms with van der Waals surface area (Å²) in [6.45, 7) is 0.910. The second-order valence-electron chi connectivity index (χ2n) is 7.39. The van der Waals surface area contributed by atoms with Crippen molar-refractivity contribution in [1.29, 1.82) is 5.26 Å². The van der Waals surface area contributed by atoms with E-state index in [1.165, 1.54) is 25.5 Å². The minimum absolute atomic E-state index is 0.217. The normalized spacial score (nSPS) is 12.3. The van der Waals surface area contributed by atoms with E-state index in [0.29, 0.717) is 24.3 Å². The zero-order valence-electron chi connectivity index (χ0n) is 18.6. The Balaban J connectivity index is 1.96. The SMILES string of the molecule is CNC(C#N)CC(F)(F)CCNC(=O)c1ccncc1/C=C/c1ccc(OCCCN)cc1. The molecule has 0 saturated heterocycles. The van der Waals surface area contributed by atoms with Crippen LogP contribution < -0.4 is 21.1 Å². The third kappa shape index (κ3) is 8.96. The molecule has 1 atom stereocenters. The number of pyridine rings is 1. The van der Waals surface area contributed by atoms with Crippen molar-refractivity contribution in [3.63, 3.8) is 0 Å². The lowest BCUT2D eigenvalue weighted by Gasteiger charge is -2.19. The average molecular weight is 458 g/mol. The van der Waals surface area contributed by atoms with Crippen molar-refractivity contribution >= 4 is 18.1 Å². The van der Waals surface area contributed by atoms with Gasteiger partial charge in [0.15, 0.2) is 0 Å². The van der Waals surface area contributed by atoms with E-state index in [-0.39, 0.29) is 6.54 Å². The van der Waals surface area contributed by atoms with Crippen LogP contribution >= 0.6 is 0 Å². The van der Waals surface area contributed by atoms with Crippen LogP contribution in [-0.4, -0.2) is 49.6 Å². The highest BCUT2D eigenvalue weighted by atomic mass is 19.3. The highest BCUT2D eigenvalue weighted by Gasteiger charge is 2.32. The van der Waals surface area contributed by atoms with Crippen LogP contribution in [-0.2, 0) is 0 Å². The number of alkyl halides is 2. The summed E-state index contributed by atoms with van der Waals surface area (Å²) in [5.74, 6) is -2.80. The van der Waals surface area contributed by atoms with E-state index in [1.807, 2.05) is 30.3 Å². The molecule has 0 bridgehead atoms. The molecule has 1 heterocycles. The van der Waals surface area contributed by atoms with Gasteiger partial charge >= 0.3 is 0 Å². The van der Waals surface area contributed by atoms with Crippen molar-refractivity contribution < 1.29 is 18.3 Å². The van der Waals surface area contributed by atoms with Gasteiger partial charge in [-0.25, -0.2) is 8.78 Å². The van der Waals surface area contributed by atoms with Crippen molar-refractivity contribution in [2.24, 2.45) is 5.73 Å². The largest absolute Gasteiger partial charge is 0.494 e. The lowest BCUT2D eigenvalue weighted by Crippen LogP contribution is -2.35. The molecule has 0 radical (unpaired) electrons. The number of benzene rings is 1. The Bertz CT molecular complexity index is 958. The minimum Gasteiger partial charge on any atom is -0.494 e. The van der Waals surface area contributed by atoms with Crippen molar-refractivity contribution in [3.05, 3.63) is 59.4 Å². The smallest absolute Gasteiger partial charge is 0.252 e. The summed E-state index contributed by atoms with van der Waals surface area (Å²) < 4.78 is 33.6. The van der Waals surface area contributed by atoms with Crippen molar-refractivity contribution in [2.45, 2.75) is 31.2 Å². The summed E-state index contributed by atoms with van der Waals surface area (Å²) in [7, 11) is 1.45. The molecular formula is C24H29F2N5O2. The van der Waals surface area contributed by atoms with Crippen LogP contribution in [0.4, 0.5) is 8.78 Å². The van der Waals surface area contributed by atoms with Gasteiger partial charge in [-0.1, -0.05) is 24.3 Å². The monoisotopic (exact) mass is 457 g/mol. The molecule has 1 unspecified atom stereocenters. The van der Waals surface area contributed by atoms with Crippen LogP contribution in [0.15, 0.2) is 42.7 Å². The lowest BCUT2D eigenvalue weighted by atomic mass is 10.1. The number of hydrogen-bond donors (Lipinski definition) is 3. The molecule has 7 nitrogen and oxygen atoms in total. The van der Waals surface area contributed by atoms with Gasteiger partial charge in [-0.05, 0) is 43.8 Å². The zero-order valence-corrected chi connectivity index (χ0v) is 18.6. The average Bonchev–Trinajstić information content (AvgIpc) is 2.82. The number of carbonyl (C=O) groups excluding carboxylic acids is 1. The Kier molecular flexibility index (Phi) is 10.4. The molecule has 1 aromatic heterocycles. The van der Waals surface area contributed by atoms with Gasteiger partial charge in [0.05, 0.1) is 12.7 Å². The topological polar surface area (TPSA) is 113 Å². The fraction of sp³-hybridized carbons (Fsp3) is 0.375. The molecule has 33 heavy (non-hydrogen) atoms. The molecular weight excluding hydrogens is 428 g/mol. The first-order valence-corrected chi connectivity index (χ1v) is 10.7. The van der Waals surface area contributed by atoms with Gasteiger partial charge in [-0.2, -0.15) is 5.26 Å². The second kappa shape index (κ2) is 13.3. The van der Waals surface area contributed by atoms with Gasteiger partial charge in [-0.15, -0.1) is 0 Å². The predicted molar refractivity (Wildman–Crippen MR) is 124 cm³/mol. The molecule has 2 aromatic rings. The second-order valence-corrected chi connectivity index (χ2v) is 7.39. The third-order valence-corrected chi connectivity index (χ3v) is 4.83. The molecule has 176 valence electrons. The van der Waals surface area contributed by atoms with Gasteiger partial charge < -0.3 is 21.1 Å². The maximum Gasteiger partial charge on any atom is 0.252 e. The van der Waals surface area contributed by atoms with Gasteiger partial charge in [-0.3, -0.25) is 9.78 Å². The molecule has 0 aliphatic carbocycles. The first-order chi connectivity index (χ1) is 15.9. The number of ether oxygens (including phenoxy) is 1. The van der Waals surface area contributed by atoms with E-state index in [0.717, 1.165) is 17.7 Å². The maximum absolute atomic E-state index is 14.0. The Morgan fingerprint density at radius 2 is 2.06 bits per heavy atom. The number of nitrogens with zero attached hydrogens (tertiary/aromatic N) is 2. The first kappa shape index (κ1) is 25.9. The fourth-order valence-electron chi connectivity index (χ4n) is 2.95. The quantitative estimate of drug-likeness (QED) is 0.398. The molecule has 0 fully saturated rings. The van der Waals surface area contributed by atoms with E-state index < -0.39 is 30.7 Å². The van der Waals surface area contributed by atoms with Crippen LogP contribution in [0, 0.1) is 11.3 Å². The summed E-state index contributed by atoms with van der Waals surface area (Å²) in [6.07, 6.45) is 6.18. The number of aromatic nitrogens is 1. The van der Waals surface area contributed by atoms with E-state index in [2.05, 4.69) is 15.6 Å². The highest BCUT2D eigenvalue weighted by Crippen LogP contribution is 2.24. The van der Waals surface area contributed by atoms with Crippen LogP contribution in [0.5, 0.6) is 5.75 Å². The maximum atomic E-state index is 14.0. The molecule has 1 aromatic carbocycles. The van der Waals surface area contributed by atoms with Gasteiger partial charge in [0.25, 0.3) is 11.8 Å². The number of amides is 1. The molecule has 2 rings (SSSR count). The Labute approximate surface area is 192 Å². The molecule has 9 heteroatoms. The van der Waals surface area contributed by atoms with Crippen LogP contribution in [0.2, 0.25) is 0 Å². The molecule has 0 saturated carbocycles. The van der Waals surface area contributed by atoms with E-state index in [1.54, 1.807) is 12.1 Å². The van der Waals surface area contributed by atoms with Crippen LogP contribution in [0.3, 0.4) is 0 Å². The molecule has 0 aliphatic heterocycles. The fourth-order valence-corrected chi connectivity index (χ4v) is 2.95. The summed E-state index contributed by atoms with van der Waals surface area (Å²) in [5.41, 5.74) is 7.24. The van der Waals surface area contributed by atoms with Gasteiger partial charge in [0.1, 0.15) is 11.8 Å². The van der Waals surface area contributed by atoms with E-state index >= 15 is 0 Å². The number of rotatable bonds is 13. The number of nitrogens with two attached hydrogens (primary N) is 1. The van der Waals surface area contributed by atoms with Crippen LogP contribution in [0.25, 0.3) is 12.2 Å². The molecule has 0 spiro atoms. The number of nitrogens with one attached hydrogen (secondary N) is 2. The number of carbonyl (C=O) groups is 1. The Hall–Kier alpha value is -3.35. The summed E-state index contributed by atoms with van der Waals surface area (Å²) in [4.78, 5) is 16.6. The Morgan fingerprint density at radius 3 is 2.73 bits per heavy atom.